The maximum Gasteiger partial charge on any atom is 0.232 e. The average molecular weight is 348 g/mol. The number of fused-ring (bicyclic) bond motifs is 3. The number of rotatable bonds is 5. The molecule has 5 nitrogen and oxygen atoms in total. The van der Waals surface area contributed by atoms with Crippen molar-refractivity contribution in [2.24, 2.45) is 5.41 Å². The normalized spacial score (nSPS) is 30.1. The summed E-state index contributed by atoms with van der Waals surface area (Å²) in [4.78, 5) is 4.77. The molecule has 2 bridgehead atoms. The van der Waals surface area contributed by atoms with Crippen LogP contribution in [0.15, 0.2) is 28.8 Å². The van der Waals surface area contributed by atoms with Crippen LogP contribution in [0.2, 0.25) is 0 Å². The van der Waals surface area contributed by atoms with E-state index in [1.807, 2.05) is 24.3 Å². The molecule has 134 valence electrons. The molecule has 0 spiro atoms. The number of hydrogen-bond acceptors (Lipinski definition) is 5. The summed E-state index contributed by atoms with van der Waals surface area (Å²) in [5.74, 6) is 2.40. The molecule has 1 heterocycles. The number of nitriles is 1. The van der Waals surface area contributed by atoms with E-state index in [0.29, 0.717) is 16.9 Å². The minimum Gasteiger partial charge on any atom is -0.384 e. The summed E-state index contributed by atoms with van der Waals surface area (Å²) in [6, 6.07) is 9.98. The zero-order valence-corrected chi connectivity index (χ0v) is 15.0. The smallest absolute Gasteiger partial charge is 0.232 e. The first-order chi connectivity index (χ1) is 12.7. The van der Waals surface area contributed by atoms with Crippen LogP contribution in [0.3, 0.4) is 0 Å². The third-order valence-corrected chi connectivity index (χ3v) is 6.90. The second-order valence-corrected chi connectivity index (χ2v) is 8.56. The van der Waals surface area contributed by atoms with Crippen LogP contribution < -0.4 is 5.32 Å². The summed E-state index contributed by atoms with van der Waals surface area (Å²) in [5, 5.41) is 16.9. The van der Waals surface area contributed by atoms with Gasteiger partial charge >= 0.3 is 0 Å². The van der Waals surface area contributed by atoms with Gasteiger partial charge in [-0.1, -0.05) is 11.2 Å². The topological polar surface area (TPSA) is 74.7 Å². The van der Waals surface area contributed by atoms with Crippen LogP contribution >= 0.6 is 0 Å². The van der Waals surface area contributed by atoms with Gasteiger partial charge in [0, 0.05) is 23.6 Å². The molecule has 6 rings (SSSR count). The Hall–Kier alpha value is -2.35. The minimum absolute atomic E-state index is 0.128. The Kier molecular flexibility index (Phi) is 3.56. The van der Waals surface area contributed by atoms with Crippen LogP contribution in [-0.4, -0.2) is 16.7 Å². The van der Waals surface area contributed by atoms with Crippen LogP contribution in [0.4, 0.5) is 5.69 Å². The van der Waals surface area contributed by atoms with Crippen molar-refractivity contribution in [2.75, 3.05) is 11.9 Å². The molecule has 26 heavy (non-hydrogen) atoms. The lowest BCUT2D eigenvalue weighted by atomic mass is 9.53. The van der Waals surface area contributed by atoms with E-state index in [1.165, 1.54) is 32.1 Å². The SMILES string of the molecule is N#Cc1cccc(NCC23CCC(c4nc(C5CC5)no4)(CC2)CC3)c1. The molecule has 4 aliphatic rings. The molecule has 4 saturated carbocycles. The monoisotopic (exact) mass is 348 g/mol. The van der Waals surface area contributed by atoms with Crippen molar-refractivity contribution in [1.82, 2.24) is 10.1 Å². The van der Waals surface area contributed by atoms with Gasteiger partial charge in [-0.15, -0.1) is 0 Å². The minimum atomic E-state index is 0.128. The van der Waals surface area contributed by atoms with Gasteiger partial charge in [0.05, 0.1) is 11.6 Å². The van der Waals surface area contributed by atoms with Gasteiger partial charge in [-0.2, -0.15) is 10.2 Å². The molecule has 1 N–H and O–H groups in total. The lowest BCUT2D eigenvalue weighted by molar-refractivity contribution is 0.0322. The first-order valence-corrected chi connectivity index (χ1v) is 9.79. The Labute approximate surface area is 153 Å². The quantitative estimate of drug-likeness (QED) is 0.859. The lowest BCUT2D eigenvalue weighted by Gasteiger charge is -2.52. The number of hydrogen-bond donors (Lipinski definition) is 1. The molecule has 4 fully saturated rings. The van der Waals surface area contributed by atoms with Crippen LogP contribution in [0.1, 0.15) is 74.6 Å². The number of nitrogens with zero attached hydrogens (tertiary/aromatic N) is 3. The summed E-state index contributed by atoms with van der Waals surface area (Å²) >= 11 is 0. The molecule has 2 aromatic rings. The highest BCUT2D eigenvalue weighted by Crippen LogP contribution is 2.57. The summed E-state index contributed by atoms with van der Waals surface area (Å²) in [5.41, 5.74) is 2.25. The third-order valence-electron chi connectivity index (χ3n) is 6.90. The molecule has 1 aromatic heterocycles. The number of aromatic nitrogens is 2. The van der Waals surface area contributed by atoms with E-state index in [0.717, 1.165) is 43.2 Å². The second kappa shape index (κ2) is 5.84. The molecule has 0 amide bonds. The van der Waals surface area contributed by atoms with E-state index in [4.69, 9.17) is 14.8 Å². The van der Waals surface area contributed by atoms with Crippen molar-refractivity contribution < 1.29 is 4.52 Å². The first-order valence-electron chi connectivity index (χ1n) is 9.79. The van der Waals surface area contributed by atoms with Crippen molar-refractivity contribution in [3.8, 4) is 6.07 Å². The summed E-state index contributed by atoms with van der Waals surface area (Å²) < 4.78 is 5.70. The Morgan fingerprint density at radius 3 is 2.62 bits per heavy atom. The van der Waals surface area contributed by atoms with Gasteiger partial charge in [0.25, 0.3) is 0 Å². The van der Waals surface area contributed by atoms with Crippen molar-refractivity contribution >= 4 is 5.69 Å². The molecule has 0 unspecified atom stereocenters. The molecule has 4 aliphatic carbocycles. The molecule has 0 aliphatic heterocycles. The van der Waals surface area contributed by atoms with Gasteiger partial charge < -0.3 is 9.84 Å². The maximum atomic E-state index is 9.06. The van der Waals surface area contributed by atoms with E-state index in [1.54, 1.807) is 0 Å². The average Bonchev–Trinajstić information content (AvgIpc) is 3.44. The van der Waals surface area contributed by atoms with E-state index < -0.39 is 0 Å². The zero-order chi connectivity index (χ0) is 17.6. The fourth-order valence-electron chi connectivity index (χ4n) is 4.80. The van der Waals surface area contributed by atoms with Crippen LogP contribution in [-0.2, 0) is 5.41 Å². The van der Waals surface area contributed by atoms with Crippen molar-refractivity contribution in [3.05, 3.63) is 41.5 Å². The fraction of sp³-hybridized carbons (Fsp3) is 0.571. The Balaban J connectivity index is 1.26. The highest BCUT2D eigenvalue weighted by Gasteiger charge is 2.52. The van der Waals surface area contributed by atoms with Gasteiger partial charge in [-0.25, -0.2) is 0 Å². The molecule has 1 aromatic carbocycles. The highest BCUT2D eigenvalue weighted by atomic mass is 16.5. The molecule has 0 radical (unpaired) electrons. The number of benzene rings is 1. The van der Waals surface area contributed by atoms with Crippen molar-refractivity contribution in [2.45, 2.75) is 62.7 Å². The predicted octanol–water partition coefficient (Wildman–Crippen LogP) is 4.52. The van der Waals surface area contributed by atoms with E-state index in [9.17, 15) is 0 Å². The van der Waals surface area contributed by atoms with Gasteiger partial charge in [0.1, 0.15) is 0 Å². The van der Waals surface area contributed by atoms with E-state index in [-0.39, 0.29) is 5.41 Å². The maximum absolute atomic E-state index is 9.06. The molecule has 0 saturated heterocycles. The predicted molar refractivity (Wildman–Crippen MR) is 97.7 cm³/mol. The van der Waals surface area contributed by atoms with Crippen molar-refractivity contribution in [3.63, 3.8) is 0 Å². The Morgan fingerprint density at radius 2 is 1.92 bits per heavy atom. The first kappa shape index (κ1) is 15.9. The van der Waals surface area contributed by atoms with E-state index >= 15 is 0 Å². The van der Waals surface area contributed by atoms with E-state index in [2.05, 4.69) is 16.5 Å². The standard InChI is InChI=1S/C21H24N4O/c22-13-15-2-1-3-17(12-15)23-14-20-6-9-21(10-7-20,11-8-20)19-24-18(25-26-19)16-4-5-16/h1-3,12,16,23H,4-11,14H2. The molecular formula is C21H24N4O. The Bertz CT molecular complexity index is 836. The molecular weight excluding hydrogens is 324 g/mol. The molecule has 0 atom stereocenters. The zero-order valence-electron chi connectivity index (χ0n) is 15.0. The lowest BCUT2D eigenvalue weighted by Crippen LogP contribution is -2.47. The van der Waals surface area contributed by atoms with Crippen LogP contribution in [0, 0.1) is 16.7 Å². The van der Waals surface area contributed by atoms with Crippen LogP contribution in [0.5, 0.6) is 0 Å². The fourth-order valence-corrected chi connectivity index (χ4v) is 4.80. The number of anilines is 1. The van der Waals surface area contributed by atoms with Gasteiger partial charge in [-0.05, 0) is 75.0 Å². The summed E-state index contributed by atoms with van der Waals surface area (Å²) in [6.07, 6.45) is 9.51. The summed E-state index contributed by atoms with van der Waals surface area (Å²) in [6.45, 7) is 0.981. The van der Waals surface area contributed by atoms with Crippen molar-refractivity contribution in [1.29, 1.82) is 5.26 Å². The van der Waals surface area contributed by atoms with Crippen LogP contribution in [0.25, 0.3) is 0 Å². The largest absolute Gasteiger partial charge is 0.384 e. The van der Waals surface area contributed by atoms with Gasteiger partial charge in [0.15, 0.2) is 5.82 Å². The summed E-state index contributed by atoms with van der Waals surface area (Å²) in [7, 11) is 0. The number of nitrogens with one attached hydrogen (secondary N) is 1. The van der Waals surface area contributed by atoms with Gasteiger partial charge in [-0.3, -0.25) is 0 Å². The Morgan fingerprint density at radius 1 is 1.15 bits per heavy atom. The third kappa shape index (κ3) is 2.68. The second-order valence-electron chi connectivity index (χ2n) is 8.56. The van der Waals surface area contributed by atoms with Gasteiger partial charge in [0.2, 0.25) is 5.89 Å². The molecule has 5 heteroatoms. The highest BCUT2D eigenvalue weighted by molar-refractivity contribution is 5.49.